The number of carbonyl (C=O) groups excluding carboxylic acids is 3. The van der Waals surface area contributed by atoms with Gasteiger partial charge in [-0.2, -0.15) is 0 Å². The lowest BCUT2D eigenvalue weighted by Crippen LogP contribution is -2.72. The van der Waals surface area contributed by atoms with Crippen LogP contribution in [0.3, 0.4) is 0 Å². The molecule has 0 spiro atoms. The van der Waals surface area contributed by atoms with Gasteiger partial charge in [0, 0.05) is 19.8 Å². The van der Waals surface area contributed by atoms with E-state index in [0.717, 1.165) is 64.7 Å². The van der Waals surface area contributed by atoms with E-state index in [1.54, 1.807) is 0 Å². The maximum atomic E-state index is 13.8. The highest BCUT2D eigenvalue weighted by molar-refractivity contribution is 5.78. The fraction of sp³-hybridized carbons (Fsp3) is 0.920. The highest BCUT2D eigenvalue weighted by atomic mass is 16.8. The second kappa shape index (κ2) is 52.3. The number of hydrogen-bond acceptors (Lipinski definition) is 31. The number of carboxylic acids is 1. The van der Waals surface area contributed by atoms with Crippen molar-refractivity contribution in [3.63, 3.8) is 0 Å². The number of carbonyl (C=O) groups is 4. The van der Waals surface area contributed by atoms with Gasteiger partial charge in [0.05, 0.1) is 63.9 Å². The molecule has 0 radical (unpaired) electrons. The van der Waals surface area contributed by atoms with Gasteiger partial charge >= 0.3 is 5.97 Å². The van der Waals surface area contributed by atoms with E-state index in [2.05, 4.69) is 29.8 Å². The molecule has 21 N–H and O–H groups in total. The van der Waals surface area contributed by atoms with Crippen LogP contribution in [0.25, 0.3) is 0 Å². The quantitative estimate of drug-likeness (QED) is 0.0249. The molecule has 28 atom stereocenters. The molecular weight excluding hydrogens is 1450 g/mol. The zero-order valence-corrected chi connectivity index (χ0v) is 64.4. The van der Waals surface area contributed by atoms with Crippen LogP contribution < -0.4 is 16.0 Å². The van der Waals surface area contributed by atoms with Crippen LogP contribution in [0.2, 0.25) is 0 Å². The van der Waals surface area contributed by atoms with Gasteiger partial charge in [0.1, 0.15) is 123 Å². The third-order valence-electron chi connectivity index (χ3n) is 21.2. The highest BCUT2D eigenvalue weighted by Crippen LogP contribution is 2.41. The molecule has 5 saturated heterocycles. The number of ether oxygens (including phenoxy) is 10. The Balaban J connectivity index is 1.39. The van der Waals surface area contributed by atoms with Gasteiger partial charge in [0.15, 0.2) is 25.2 Å². The van der Waals surface area contributed by atoms with Crippen molar-refractivity contribution in [2.75, 3.05) is 46.2 Å². The monoisotopic (exact) mass is 1590 g/mol. The standard InChI is InChI=1S/C75H135N3O32/c1-4-6-8-10-12-14-16-18-19-20-21-23-25-27-29-31-33-35-53(89)77-45(46(86)34-32-30-28-26-24-22-17-15-13-11-9-7-5-2)43-101-71-63(97)61(95)65(51(40-82)104-71)106-73-64(98)69(110-75(74(99)100)36-47(87)55(78-54(90)42-84)68(109-75)57(91)48(88)37-79)66(52(41-83)105-73)107-70-56(76-44(3)85)67(59(93)50(39-81)102-70)108-72-62(96)60(94)58(92)49(38-80)103-72/h32,34,45-52,55-73,79-84,86-88,91-98H,4-31,33,35-43H2,1-3H3,(H,76,85)(H,77,89)(H,78,90)(H,99,100)/b34-32+/t45-,46+,47?,48+,49?,50?,51?,52?,55+,56?,57+,58-,59-,60-,61+,62?,63?,64?,65+,66-,67+,68?,69+,70-,71+,72-,73-,75-/m0/s1. The van der Waals surface area contributed by atoms with Crippen LogP contribution >= 0.6 is 0 Å². The van der Waals surface area contributed by atoms with Crippen molar-refractivity contribution in [3.05, 3.63) is 12.2 Å². The summed E-state index contributed by atoms with van der Waals surface area (Å²) in [6, 6.07) is -4.99. The molecule has 5 aliphatic heterocycles. The van der Waals surface area contributed by atoms with Crippen LogP contribution in [0.4, 0.5) is 0 Å². The Kier molecular flexibility index (Phi) is 46.2. The average molecular weight is 1590 g/mol. The Morgan fingerprint density at radius 3 is 1.45 bits per heavy atom. The minimum Gasteiger partial charge on any atom is -0.477 e. The van der Waals surface area contributed by atoms with Crippen LogP contribution in [-0.2, 0) is 66.5 Å². The van der Waals surface area contributed by atoms with Crippen LogP contribution in [0.15, 0.2) is 12.2 Å². The summed E-state index contributed by atoms with van der Waals surface area (Å²) in [7, 11) is 0. The smallest absolute Gasteiger partial charge is 0.364 e. The first kappa shape index (κ1) is 97.1. The van der Waals surface area contributed by atoms with E-state index in [1.807, 2.05) is 6.08 Å². The summed E-state index contributed by atoms with van der Waals surface area (Å²) in [6.45, 7) is -2.03. The van der Waals surface area contributed by atoms with Crippen LogP contribution in [0.5, 0.6) is 0 Å². The molecule has 35 heteroatoms. The molecule has 642 valence electrons. The molecule has 5 aliphatic rings. The van der Waals surface area contributed by atoms with Crippen LogP contribution in [0.1, 0.15) is 220 Å². The van der Waals surface area contributed by atoms with Crippen molar-refractivity contribution in [2.45, 2.75) is 391 Å². The fourth-order valence-electron chi connectivity index (χ4n) is 14.7. The van der Waals surface area contributed by atoms with Gasteiger partial charge < -0.3 is 155 Å². The summed E-state index contributed by atoms with van der Waals surface area (Å²) < 4.78 is 60.0. The van der Waals surface area contributed by atoms with E-state index >= 15 is 0 Å². The number of amides is 3. The first-order chi connectivity index (χ1) is 52.8. The third kappa shape index (κ3) is 30.2. The number of nitrogens with one attached hydrogen (secondary N) is 3. The Labute approximate surface area is 645 Å². The van der Waals surface area contributed by atoms with E-state index in [0.29, 0.717) is 12.8 Å². The Morgan fingerprint density at radius 1 is 0.482 bits per heavy atom. The van der Waals surface area contributed by atoms with E-state index in [1.165, 1.54) is 122 Å². The molecule has 0 aliphatic carbocycles. The van der Waals surface area contributed by atoms with Gasteiger partial charge in [-0.3, -0.25) is 14.4 Å². The number of aliphatic carboxylic acids is 1. The molecule has 0 aromatic heterocycles. The van der Waals surface area contributed by atoms with E-state index < -0.39 is 248 Å². The van der Waals surface area contributed by atoms with Crippen molar-refractivity contribution < 1.29 is 158 Å². The maximum absolute atomic E-state index is 13.8. The SMILES string of the molecule is CCCCCCCCCCCCC/C=C/[C@@H](O)[C@H](CO[C@@H]1OC(CO)[C@@H](O[C@@H]2OC(CO)[C@H](O[C@@H]3OC(CO)[C@H](O)[C@H](O[C@@H]4OC(CO)[C@H](O)[C@H](O)C4O)C3NC(C)=O)[C@H](O[C@]3(C(=O)O)CC(O)[C@@H](NC(=O)CO)C([C@H](O)[C@H](O)CO)O3)C2O)[C@H](O)C1O)NC(=O)CCCCCCCCCCCCCCCCCCC. The predicted molar refractivity (Wildman–Crippen MR) is 389 cm³/mol. The van der Waals surface area contributed by atoms with Crippen LogP contribution in [0, 0.1) is 0 Å². The molecule has 5 heterocycles. The summed E-state index contributed by atoms with van der Waals surface area (Å²) in [6.07, 6.45) is -15.0. The predicted octanol–water partition coefficient (Wildman–Crippen LogP) is -1.29. The summed E-state index contributed by atoms with van der Waals surface area (Å²) in [4.78, 5) is 53.2. The highest BCUT2D eigenvalue weighted by Gasteiger charge is 2.62. The topological polar surface area (TPSA) is 561 Å². The number of aliphatic hydroxyl groups is 17. The Bertz CT molecular complexity index is 2560. The molecule has 5 rings (SSSR count). The number of hydrogen-bond donors (Lipinski definition) is 21. The van der Waals surface area contributed by atoms with Gasteiger partial charge in [-0.15, -0.1) is 0 Å². The average Bonchev–Trinajstić information content (AvgIpc) is 0.748. The van der Waals surface area contributed by atoms with E-state index in [9.17, 15) is 111 Å². The number of allylic oxidation sites excluding steroid dienone is 1. The Hall–Kier alpha value is -3.46. The molecule has 110 heavy (non-hydrogen) atoms. The number of aliphatic hydroxyl groups excluding tert-OH is 17. The van der Waals surface area contributed by atoms with Gasteiger partial charge in [-0.05, 0) is 19.3 Å². The minimum absolute atomic E-state index is 0.128. The van der Waals surface area contributed by atoms with Crippen molar-refractivity contribution in [2.24, 2.45) is 0 Å². The first-order valence-corrected chi connectivity index (χ1v) is 40.3. The molecule has 3 amide bonds. The lowest BCUT2D eigenvalue weighted by atomic mass is 9.88. The molecule has 0 aromatic rings. The van der Waals surface area contributed by atoms with Gasteiger partial charge in [-0.1, -0.05) is 193 Å². The first-order valence-electron chi connectivity index (χ1n) is 40.3. The molecule has 0 bridgehead atoms. The van der Waals surface area contributed by atoms with Crippen molar-refractivity contribution in [1.29, 1.82) is 0 Å². The molecule has 10 unspecified atom stereocenters. The molecule has 5 fully saturated rings. The lowest BCUT2D eigenvalue weighted by molar-refractivity contribution is -0.403. The second-order valence-electron chi connectivity index (χ2n) is 30.0. The molecule has 0 aromatic carbocycles. The second-order valence-corrected chi connectivity index (χ2v) is 30.0. The van der Waals surface area contributed by atoms with Crippen molar-refractivity contribution in [1.82, 2.24) is 16.0 Å². The third-order valence-corrected chi connectivity index (χ3v) is 21.2. The van der Waals surface area contributed by atoms with Crippen molar-refractivity contribution in [3.8, 4) is 0 Å². The zero-order chi connectivity index (χ0) is 80.9. The lowest BCUT2D eigenvalue weighted by Gasteiger charge is -2.52. The summed E-state index contributed by atoms with van der Waals surface area (Å²) in [5.41, 5.74) is 0. The molecule has 35 nitrogen and oxygen atoms in total. The van der Waals surface area contributed by atoms with E-state index in [4.69, 9.17) is 47.4 Å². The molecule has 0 saturated carbocycles. The maximum Gasteiger partial charge on any atom is 0.364 e. The van der Waals surface area contributed by atoms with Crippen molar-refractivity contribution >= 4 is 23.7 Å². The molecular formula is C75H135N3O32. The minimum atomic E-state index is -3.45. The summed E-state index contributed by atoms with van der Waals surface area (Å²) in [5.74, 6) is -8.19. The number of carboxylic acid groups (broad SMARTS) is 1. The van der Waals surface area contributed by atoms with Gasteiger partial charge in [0.25, 0.3) is 5.79 Å². The normalized spacial score (nSPS) is 34.0. The Morgan fingerprint density at radius 2 is 0.936 bits per heavy atom. The largest absolute Gasteiger partial charge is 0.477 e. The van der Waals surface area contributed by atoms with E-state index in [-0.39, 0.29) is 6.42 Å². The number of unbranched alkanes of at least 4 members (excludes halogenated alkanes) is 27. The number of rotatable bonds is 55. The summed E-state index contributed by atoms with van der Waals surface area (Å²) in [5, 5.41) is 206. The zero-order valence-electron chi connectivity index (χ0n) is 64.4. The fourth-order valence-corrected chi connectivity index (χ4v) is 14.7. The van der Waals surface area contributed by atoms with Gasteiger partial charge in [0.2, 0.25) is 17.7 Å². The van der Waals surface area contributed by atoms with Crippen LogP contribution in [-0.4, -0.2) is 333 Å². The summed E-state index contributed by atoms with van der Waals surface area (Å²) >= 11 is 0. The van der Waals surface area contributed by atoms with Gasteiger partial charge in [-0.25, -0.2) is 4.79 Å².